The van der Waals surface area contributed by atoms with Crippen LogP contribution in [0.2, 0.25) is 0 Å². The number of benzene rings is 1. The molecule has 2 rings (SSSR count). The molecule has 0 radical (unpaired) electrons. The zero-order valence-electron chi connectivity index (χ0n) is 11.2. The summed E-state index contributed by atoms with van der Waals surface area (Å²) in [4.78, 5) is 0. The van der Waals surface area contributed by atoms with Crippen molar-refractivity contribution >= 4 is 11.8 Å². The van der Waals surface area contributed by atoms with Crippen LogP contribution >= 0.6 is 11.8 Å². The Balaban J connectivity index is 1.93. The summed E-state index contributed by atoms with van der Waals surface area (Å²) >= 11 is 1.72. The molecule has 18 heavy (non-hydrogen) atoms. The van der Waals surface area contributed by atoms with E-state index in [1.165, 1.54) is 24.0 Å². The van der Waals surface area contributed by atoms with Gasteiger partial charge in [0.25, 0.3) is 0 Å². The highest BCUT2D eigenvalue weighted by atomic mass is 32.2. The molecule has 0 aromatic heterocycles. The molecule has 3 heteroatoms. The van der Waals surface area contributed by atoms with Gasteiger partial charge < -0.3 is 10.4 Å². The fraction of sp³-hybridized carbons (Fsp3) is 0.600. The van der Waals surface area contributed by atoms with Crippen LogP contribution in [0.1, 0.15) is 36.8 Å². The number of hydrogen-bond donors (Lipinski definition) is 2. The number of aliphatic hydroxyl groups excluding tert-OH is 1. The van der Waals surface area contributed by atoms with E-state index >= 15 is 0 Å². The van der Waals surface area contributed by atoms with Gasteiger partial charge in [0.05, 0.1) is 6.61 Å². The zero-order valence-corrected chi connectivity index (χ0v) is 12.0. The highest BCUT2D eigenvalue weighted by Crippen LogP contribution is 2.41. The first-order valence-electron chi connectivity index (χ1n) is 6.71. The molecule has 1 aliphatic carbocycles. The third-order valence-corrected chi connectivity index (χ3v) is 4.89. The first-order chi connectivity index (χ1) is 8.76. The minimum atomic E-state index is 0.236. The maximum Gasteiger partial charge on any atom is 0.0564 e. The summed E-state index contributed by atoms with van der Waals surface area (Å²) in [6.45, 7) is 3.29. The average molecular weight is 265 g/mol. The molecule has 1 aliphatic rings. The third kappa shape index (κ3) is 3.50. The van der Waals surface area contributed by atoms with Gasteiger partial charge in [0.15, 0.2) is 0 Å². The summed E-state index contributed by atoms with van der Waals surface area (Å²) in [5.74, 6) is 0.799. The Hall–Kier alpha value is -0.510. The highest BCUT2D eigenvalue weighted by molar-refractivity contribution is 7.99. The first kappa shape index (κ1) is 13.9. The van der Waals surface area contributed by atoms with Crippen molar-refractivity contribution in [3.05, 3.63) is 35.4 Å². The van der Waals surface area contributed by atoms with E-state index in [1.807, 2.05) is 0 Å². The van der Waals surface area contributed by atoms with Gasteiger partial charge in [0, 0.05) is 17.8 Å². The number of thioether (sulfide) groups is 1. The van der Waals surface area contributed by atoms with Crippen molar-refractivity contribution in [1.29, 1.82) is 0 Å². The van der Waals surface area contributed by atoms with Gasteiger partial charge in [-0.2, -0.15) is 11.8 Å². The first-order valence-corrected chi connectivity index (χ1v) is 8.00. The van der Waals surface area contributed by atoms with Gasteiger partial charge in [0.1, 0.15) is 0 Å². The second-order valence-electron chi connectivity index (χ2n) is 5.10. The van der Waals surface area contributed by atoms with E-state index in [9.17, 15) is 5.11 Å². The van der Waals surface area contributed by atoms with Crippen molar-refractivity contribution in [3.63, 3.8) is 0 Å². The summed E-state index contributed by atoms with van der Waals surface area (Å²) in [5.41, 5.74) is 2.94. The summed E-state index contributed by atoms with van der Waals surface area (Å²) < 4.78 is 0. The molecule has 2 N–H and O–H groups in total. The molecule has 100 valence electrons. The van der Waals surface area contributed by atoms with E-state index in [-0.39, 0.29) is 11.9 Å². The molecule has 0 amide bonds. The Labute approximate surface area is 114 Å². The van der Waals surface area contributed by atoms with Gasteiger partial charge in [-0.3, -0.25) is 0 Å². The lowest BCUT2D eigenvalue weighted by Crippen LogP contribution is -2.37. The lowest BCUT2D eigenvalue weighted by molar-refractivity contribution is 0.276. The second kappa shape index (κ2) is 6.60. The van der Waals surface area contributed by atoms with Crippen molar-refractivity contribution < 1.29 is 5.11 Å². The number of rotatable bonds is 7. The lowest BCUT2D eigenvalue weighted by Gasteiger charge is -2.22. The van der Waals surface area contributed by atoms with Crippen LogP contribution in [0.4, 0.5) is 0 Å². The fourth-order valence-electron chi connectivity index (χ4n) is 2.33. The molecule has 1 saturated carbocycles. The maximum atomic E-state index is 9.29. The van der Waals surface area contributed by atoms with Crippen LogP contribution in [0, 0.1) is 0 Å². The van der Waals surface area contributed by atoms with Crippen molar-refractivity contribution in [1.82, 2.24) is 5.32 Å². The standard InChI is InChI=1S/C15H23NOS/c1-11(15(10-17)18-2)16-9-13-5-3-4-6-14(13)12-7-8-12/h3-6,11-12,15-17H,7-10H2,1-2H3. The third-order valence-electron chi connectivity index (χ3n) is 3.73. The van der Waals surface area contributed by atoms with Crippen LogP contribution in [0.15, 0.2) is 24.3 Å². The SMILES string of the molecule is CSC(CO)C(C)NCc1ccccc1C1CC1. The molecule has 1 aromatic rings. The van der Waals surface area contributed by atoms with Crippen molar-refractivity contribution in [3.8, 4) is 0 Å². The van der Waals surface area contributed by atoms with E-state index in [1.54, 1.807) is 11.8 Å². The van der Waals surface area contributed by atoms with Crippen LogP contribution in [-0.2, 0) is 6.54 Å². The summed E-state index contributed by atoms with van der Waals surface area (Å²) in [5, 5.41) is 13.1. The highest BCUT2D eigenvalue weighted by Gasteiger charge is 2.25. The molecular formula is C15H23NOS. The van der Waals surface area contributed by atoms with Gasteiger partial charge in [-0.25, -0.2) is 0 Å². The smallest absolute Gasteiger partial charge is 0.0564 e. The average Bonchev–Trinajstić information content (AvgIpc) is 3.22. The van der Waals surface area contributed by atoms with Crippen LogP contribution in [-0.4, -0.2) is 29.3 Å². The van der Waals surface area contributed by atoms with E-state index < -0.39 is 0 Å². The molecular weight excluding hydrogens is 242 g/mol. The van der Waals surface area contributed by atoms with Crippen molar-refractivity contribution in [2.45, 2.75) is 43.5 Å². The molecule has 0 aliphatic heterocycles. The van der Waals surface area contributed by atoms with Crippen molar-refractivity contribution in [2.24, 2.45) is 0 Å². The number of nitrogens with one attached hydrogen (secondary N) is 1. The quantitative estimate of drug-likeness (QED) is 0.795. The van der Waals surface area contributed by atoms with E-state index in [0.717, 1.165) is 12.5 Å². The molecule has 0 heterocycles. The monoisotopic (exact) mass is 265 g/mol. The molecule has 0 spiro atoms. The minimum absolute atomic E-state index is 0.236. The Kier molecular flexibility index (Phi) is 5.10. The molecule has 0 bridgehead atoms. The molecule has 2 nitrogen and oxygen atoms in total. The van der Waals surface area contributed by atoms with Gasteiger partial charge in [-0.15, -0.1) is 0 Å². The largest absolute Gasteiger partial charge is 0.395 e. The van der Waals surface area contributed by atoms with Crippen LogP contribution in [0.25, 0.3) is 0 Å². The summed E-state index contributed by atoms with van der Waals surface area (Å²) in [6, 6.07) is 9.07. The van der Waals surface area contributed by atoms with Crippen LogP contribution in [0.5, 0.6) is 0 Å². The van der Waals surface area contributed by atoms with E-state index in [4.69, 9.17) is 0 Å². The van der Waals surface area contributed by atoms with Crippen LogP contribution < -0.4 is 5.32 Å². The van der Waals surface area contributed by atoms with Crippen molar-refractivity contribution in [2.75, 3.05) is 12.9 Å². The van der Waals surface area contributed by atoms with Gasteiger partial charge in [0.2, 0.25) is 0 Å². The minimum Gasteiger partial charge on any atom is -0.395 e. The second-order valence-corrected chi connectivity index (χ2v) is 6.18. The Morgan fingerprint density at radius 2 is 2.11 bits per heavy atom. The molecule has 1 aromatic carbocycles. The van der Waals surface area contributed by atoms with Gasteiger partial charge in [-0.05, 0) is 43.1 Å². The Morgan fingerprint density at radius 3 is 2.72 bits per heavy atom. The van der Waals surface area contributed by atoms with Gasteiger partial charge >= 0.3 is 0 Å². The van der Waals surface area contributed by atoms with E-state index in [0.29, 0.717) is 6.04 Å². The van der Waals surface area contributed by atoms with Gasteiger partial charge in [-0.1, -0.05) is 24.3 Å². The fourth-order valence-corrected chi connectivity index (χ4v) is 2.98. The molecule has 1 fully saturated rings. The normalized spacial score (nSPS) is 18.6. The lowest BCUT2D eigenvalue weighted by atomic mass is 10.0. The summed E-state index contributed by atoms with van der Waals surface area (Å²) in [7, 11) is 0. The Morgan fingerprint density at radius 1 is 1.39 bits per heavy atom. The summed E-state index contributed by atoms with van der Waals surface area (Å²) in [6.07, 6.45) is 4.74. The molecule has 2 unspecified atom stereocenters. The Bertz CT molecular complexity index is 375. The predicted octanol–water partition coefficient (Wildman–Crippen LogP) is 2.77. The molecule has 0 saturated heterocycles. The maximum absolute atomic E-state index is 9.29. The number of hydrogen-bond acceptors (Lipinski definition) is 3. The molecule has 2 atom stereocenters. The van der Waals surface area contributed by atoms with Crippen LogP contribution in [0.3, 0.4) is 0 Å². The van der Waals surface area contributed by atoms with E-state index in [2.05, 4.69) is 42.8 Å². The topological polar surface area (TPSA) is 32.3 Å². The number of aliphatic hydroxyl groups is 1. The zero-order chi connectivity index (χ0) is 13.0. The predicted molar refractivity (Wildman–Crippen MR) is 79.1 cm³/mol.